The van der Waals surface area contributed by atoms with E-state index < -0.39 is 11.2 Å². The number of fused-ring (bicyclic) bond motifs is 1. The van der Waals surface area contributed by atoms with Gasteiger partial charge in [-0.2, -0.15) is 5.26 Å². The van der Waals surface area contributed by atoms with Gasteiger partial charge in [0.05, 0.1) is 19.2 Å². The predicted molar refractivity (Wildman–Crippen MR) is 117 cm³/mol. The lowest BCUT2D eigenvalue weighted by atomic mass is 10.2. The number of methoxy groups -OCH3 is 1. The molecule has 9 nitrogen and oxygen atoms in total. The highest BCUT2D eigenvalue weighted by molar-refractivity contribution is 7.22. The van der Waals surface area contributed by atoms with Crippen molar-refractivity contribution in [3.8, 4) is 22.3 Å². The van der Waals surface area contributed by atoms with Gasteiger partial charge in [-0.05, 0) is 42.8 Å². The molecular weight excluding hydrogens is 418 g/mol. The van der Waals surface area contributed by atoms with Crippen LogP contribution in [-0.2, 0) is 13.1 Å². The van der Waals surface area contributed by atoms with Gasteiger partial charge in [0.1, 0.15) is 27.9 Å². The number of ether oxygens (including phenoxy) is 1. The third kappa shape index (κ3) is 3.67. The molecule has 156 valence electrons. The Labute approximate surface area is 179 Å². The molecule has 10 heteroatoms. The van der Waals surface area contributed by atoms with E-state index in [4.69, 9.17) is 4.74 Å². The first-order valence-corrected chi connectivity index (χ1v) is 10.2. The normalized spacial score (nSPS) is 10.9. The number of hydrogen-bond acceptors (Lipinski definition) is 7. The van der Waals surface area contributed by atoms with E-state index in [-0.39, 0.29) is 23.5 Å². The van der Waals surface area contributed by atoms with Gasteiger partial charge in [-0.3, -0.25) is 18.7 Å². The summed E-state index contributed by atoms with van der Waals surface area (Å²) in [5.41, 5.74) is -0.418. The number of H-pyrrole nitrogens is 1. The molecule has 31 heavy (non-hydrogen) atoms. The standard InChI is InChI=1S/C21H17N5O4S/c1-3-25-10-13(9-22)20(28)26(21(25)29)11-17-23-15-8-16(31-18(15)19(27)24-17)12-4-6-14(30-2)7-5-12/h4-8,10H,3,11H2,1-2H3,(H,23,24,27). The SMILES string of the molecule is CCn1cc(C#N)c(=O)n(Cc2nc3cc(-c4ccc(OC)cc4)sc3c(=O)[nH]2)c1=O. The molecule has 0 aliphatic rings. The molecule has 0 unspecified atom stereocenters. The number of nitrogens with zero attached hydrogens (tertiary/aromatic N) is 4. The quantitative estimate of drug-likeness (QED) is 0.511. The maximum absolute atomic E-state index is 12.6. The van der Waals surface area contributed by atoms with Crippen molar-refractivity contribution in [1.29, 1.82) is 5.26 Å². The molecule has 0 saturated heterocycles. The van der Waals surface area contributed by atoms with Crippen LogP contribution in [0.5, 0.6) is 5.75 Å². The van der Waals surface area contributed by atoms with Crippen LogP contribution in [0, 0.1) is 11.3 Å². The zero-order chi connectivity index (χ0) is 22.1. The molecule has 4 aromatic rings. The van der Waals surface area contributed by atoms with Crippen molar-refractivity contribution >= 4 is 21.6 Å². The summed E-state index contributed by atoms with van der Waals surface area (Å²) in [6.07, 6.45) is 1.24. The highest BCUT2D eigenvalue weighted by atomic mass is 32.1. The summed E-state index contributed by atoms with van der Waals surface area (Å²) in [7, 11) is 1.59. The summed E-state index contributed by atoms with van der Waals surface area (Å²) < 4.78 is 7.78. The Balaban J connectivity index is 1.79. The second kappa shape index (κ2) is 8.04. The minimum atomic E-state index is -0.718. The summed E-state index contributed by atoms with van der Waals surface area (Å²) in [6.45, 7) is 1.79. The van der Waals surface area contributed by atoms with Crippen LogP contribution in [-0.4, -0.2) is 26.2 Å². The van der Waals surface area contributed by atoms with Gasteiger partial charge in [-0.15, -0.1) is 11.3 Å². The molecule has 0 atom stereocenters. The number of hydrogen-bond donors (Lipinski definition) is 1. The van der Waals surface area contributed by atoms with Crippen molar-refractivity contribution in [3.63, 3.8) is 0 Å². The third-order valence-electron chi connectivity index (χ3n) is 4.81. The van der Waals surface area contributed by atoms with Crippen LogP contribution in [0.25, 0.3) is 20.7 Å². The lowest BCUT2D eigenvalue weighted by Gasteiger charge is -2.09. The van der Waals surface area contributed by atoms with Gasteiger partial charge < -0.3 is 9.72 Å². The summed E-state index contributed by atoms with van der Waals surface area (Å²) >= 11 is 1.30. The van der Waals surface area contributed by atoms with E-state index in [1.54, 1.807) is 26.2 Å². The first-order valence-electron chi connectivity index (χ1n) is 9.36. The fourth-order valence-corrected chi connectivity index (χ4v) is 4.20. The number of rotatable bonds is 5. The van der Waals surface area contributed by atoms with E-state index in [2.05, 4.69) is 9.97 Å². The maximum atomic E-state index is 12.6. The third-order valence-corrected chi connectivity index (χ3v) is 5.98. The molecule has 0 aliphatic carbocycles. The van der Waals surface area contributed by atoms with Crippen molar-refractivity contribution in [1.82, 2.24) is 19.1 Å². The van der Waals surface area contributed by atoms with Crippen LogP contribution in [0.15, 0.2) is 50.9 Å². The Hall–Kier alpha value is -3.97. The van der Waals surface area contributed by atoms with Crippen molar-refractivity contribution in [2.75, 3.05) is 7.11 Å². The van der Waals surface area contributed by atoms with Gasteiger partial charge in [-0.25, -0.2) is 9.78 Å². The largest absolute Gasteiger partial charge is 0.497 e. The zero-order valence-corrected chi connectivity index (χ0v) is 17.5. The second-order valence-corrected chi connectivity index (χ2v) is 7.73. The van der Waals surface area contributed by atoms with E-state index in [0.717, 1.165) is 20.8 Å². The highest BCUT2D eigenvalue weighted by Gasteiger charge is 2.15. The predicted octanol–water partition coefficient (Wildman–Crippen LogP) is 1.92. The molecule has 0 saturated carbocycles. The molecular formula is C21H17N5O4S. The summed E-state index contributed by atoms with van der Waals surface area (Å²) in [4.78, 5) is 45.6. The van der Waals surface area contributed by atoms with Crippen LogP contribution >= 0.6 is 11.3 Å². The molecule has 1 aromatic carbocycles. The Bertz CT molecular complexity index is 1500. The monoisotopic (exact) mass is 435 g/mol. The zero-order valence-electron chi connectivity index (χ0n) is 16.7. The molecule has 3 aromatic heterocycles. The van der Waals surface area contributed by atoms with Crippen LogP contribution < -0.4 is 21.5 Å². The molecule has 0 aliphatic heterocycles. The average Bonchev–Trinajstić information content (AvgIpc) is 3.22. The fraction of sp³-hybridized carbons (Fsp3) is 0.190. The number of aryl methyl sites for hydroxylation is 1. The molecule has 0 spiro atoms. The van der Waals surface area contributed by atoms with E-state index >= 15 is 0 Å². The van der Waals surface area contributed by atoms with E-state index in [1.165, 1.54) is 22.1 Å². The van der Waals surface area contributed by atoms with Gasteiger partial charge in [0.2, 0.25) is 0 Å². The van der Waals surface area contributed by atoms with Crippen molar-refractivity contribution in [2.24, 2.45) is 0 Å². The van der Waals surface area contributed by atoms with Gasteiger partial charge in [0.25, 0.3) is 11.1 Å². The first kappa shape index (κ1) is 20.3. The van der Waals surface area contributed by atoms with Gasteiger partial charge in [-0.1, -0.05) is 0 Å². The van der Waals surface area contributed by atoms with Gasteiger partial charge >= 0.3 is 5.69 Å². The maximum Gasteiger partial charge on any atom is 0.331 e. The van der Waals surface area contributed by atoms with Crippen molar-refractivity contribution in [3.05, 3.63) is 79.1 Å². The molecule has 3 heterocycles. The minimum absolute atomic E-state index is 0.151. The van der Waals surface area contributed by atoms with E-state index in [0.29, 0.717) is 16.8 Å². The average molecular weight is 435 g/mol. The molecule has 0 amide bonds. The lowest BCUT2D eigenvalue weighted by molar-refractivity contribution is 0.415. The fourth-order valence-electron chi connectivity index (χ4n) is 3.21. The summed E-state index contributed by atoms with van der Waals surface area (Å²) in [6, 6.07) is 11.0. The second-order valence-electron chi connectivity index (χ2n) is 6.68. The van der Waals surface area contributed by atoms with E-state index in [1.807, 2.05) is 24.3 Å². The molecule has 0 bridgehead atoms. The molecule has 4 rings (SSSR count). The smallest absolute Gasteiger partial charge is 0.331 e. The molecule has 0 radical (unpaired) electrons. The van der Waals surface area contributed by atoms with Crippen LogP contribution in [0.2, 0.25) is 0 Å². The van der Waals surface area contributed by atoms with Gasteiger partial charge in [0, 0.05) is 17.6 Å². The van der Waals surface area contributed by atoms with Crippen LogP contribution in [0.3, 0.4) is 0 Å². The number of benzene rings is 1. The lowest BCUT2D eigenvalue weighted by Crippen LogP contribution is -2.41. The summed E-state index contributed by atoms with van der Waals surface area (Å²) in [5, 5.41) is 9.19. The Morgan fingerprint density at radius 3 is 2.61 bits per heavy atom. The number of thiophene rings is 1. The Kier molecular flexibility index (Phi) is 5.27. The van der Waals surface area contributed by atoms with Crippen LogP contribution in [0.1, 0.15) is 18.3 Å². The topological polar surface area (TPSA) is 123 Å². The van der Waals surface area contributed by atoms with Gasteiger partial charge in [0.15, 0.2) is 0 Å². The van der Waals surface area contributed by atoms with Crippen molar-refractivity contribution in [2.45, 2.75) is 20.0 Å². The molecule has 0 fully saturated rings. The van der Waals surface area contributed by atoms with Crippen molar-refractivity contribution < 1.29 is 4.74 Å². The number of aromatic nitrogens is 4. The highest BCUT2D eigenvalue weighted by Crippen LogP contribution is 2.31. The first-order chi connectivity index (χ1) is 14.9. The number of aromatic amines is 1. The summed E-state index contributed by atoms with van der Waals surface area (Å²) in [5.74, 6) is 0.888. The number of nitrogens with one attached hydrogen (secondary N) is 1. The minimum Gasteiger partial charge on any atom is -0.497 e. The Morgan fingerprint density at radius 1 is 1.23 bits per heavy atom. The number of nitriles is 1. The Morgan fingerprint density at radius 2 is 1.97 bits per heavy atom. The van der Waals surface area contributed by atoms with Crippen LogP contribution in [0.4, 0.5) is 0 Å². The van der Waals surface area contributed by atoms with E-state index in [9.17, 15) is 19.6 Å². The molecule has 1 N–H and O–H groups in total.